The van der Waals surface area contributed by atoms with Crippen LogP contribution < -0.4 is 5.32 Å². The van der Waals surface area contributed by atoms with Crippen LogP contribution >= 0.6 is 0 Å². The quantitative estimate of drug-likeness (QED) is 0.839. The minimum atomic E-state index is -0.150. The zero-order valence-electron chi connectivity index (χ0n) is 9.86. The molecule has 1 aliphatic carbocycles. The van der Waals surface area contributed by atoms with E-state index in [-0.39, 0.29) is 5.82 Å². The molecule has 90 valence electrons. The Morgan fingerprint density at radius 1 is 1.47 bits per heavy atom. The summed E-state index contributed by atoms with van der Waals surface area (Å²) in [4.78, 5) is 6.53. The second-order valence-electron chi connectivity index (χ2n) is 4.77. The third-order valence-electron chi connectivity index (χ3n) is 3.44. The van der Waals surface area contributed by atoms with Gasteiger partial charge in [0.2, 0.25) is 0 Å². The van der Waals surface area contributed by atoms with E-state index >= 15 is 0 Å². The van der Waals surface area contributed by atoms with Crippen molar-refractivity contribution >= 4 is 5.96 Å². The van der Waals surface area contributed by atoms with E-state index in [1.165, 1.54) is 6.07 Å². The Balaban J connectivity index is 1.63. The van der Waals surface area contributed by atoms with E-state index in [0.717, 1.165) is 31.0 Å². The van der Waals surface area contributed by atoms with E-state index in [4.69, 9.17) is 0 Å². The number of benzene rings is 1. The van der Waals surface area contributed by atoms with Crippen LogP contribution in [0, 0.1) is 5.82 Å². The van der Waals surface area contributed by atoms with Crippen LogP contribution in [0.2, 0.25) is 0 Å². The van der Waals surface area contributed by atoms with Gasteiger partial charge in [0.15, 0.2) is 5.96 Å². The Morgan fingerprint density at radius 2 is 2.35 bits per heavy atom. The highest BCUT2D eigenvalue weighted by atomic mass is 19.1. The monoisotopic (exact) mass is 233 g/mol. The molecular formula is C13H16FN3. The molecule has 0 amide bonds. The van der Waals surface area contributed by atoms with E-state index in [2.05, 4.69) is 15.2 Å². The van der Waals surface area contributed by atoms with Gasteiger partial charge in [-0.2, -0.15) is 0 Å². The number of nitrogens with zero attached hydrogens (tertiary/aromatic N) is 2. The maximum atomic E-state index is 13.1. The van der Waals surface area contributed by atoms with Crippen LogP contribution in [0.3, 0.4) is 0 Å². The Hall–Kier alpha value is -1.58. The first-order chi connectivity index (χ1) is 8.24. The van der Waals surface area contributed by atoms with Crippen LogP contribution in [0.25, 0.3) is 0 Å². The van der Waals surface area contributed by atoms with E-state index in [0.29, 0.717) is 12.0 Å². The minimum absolute atomic E-state index is 0.150. The number of guanidine groups is 1. The average Bonchev–Trinajstić information content (AvgIpc) is 2.96. The number of likely N-dealkylation sites (N-methyl/N-ethyl adjacent to an activating group) is 1. The third-order valence-corrected chi connectivity index (χ3v) is 3.44. The lowest BCUT2D eigenvalue weighted by Crippen LogP contribution is -2.37. The topological polar surface area (TPSA) is 27.6 Å². The Bertz CT molecular complexity index is 458. The lowest BCUT2D eigenvalue weighted by Gasteiger charge is -2.15. The van der Waals surface area contributed by atoms with Gasteiger partial charge in [0.25, 0.3) is 0 Å². The van der Waals surface area contributed by atoms with Crippen molar-refractivity contribution in [2.45, 2.75) is 18.4 Å². The predicted octanol–water partition coefficient (Wildman–Crippen LogP) is 1.57. The van der Waals surface area contributed by atoms with Gasteiger partial charge in [0, 0.05) is 25.6 Å². The number of nitrogens with one attached hydrogen (secondary N) is 1. The fraction of sp³-hybridized carbons (Fsp3) is 0.462. The summed E-state index contributed by atoms with van der Waals surface area (Å²) in [6.07, 6.45) is 1.07. The van der Waals surface area contributed by atoms with E-state index in [9.17, 15) is 4.39 Å². The predicted molar refractivity (Wildman–Crippen MR) is 65.6 cm³/mol. The summed E-state index contributed by atoms with van der Waals surface area (Å²) >= 11 is 0. The summed E-state index contributed by atoms with van der Waals surface area (Å²) < 4.78 is 13.1. The van der Waals surface area contributed by atoms with Crippen molar-refractivity contribution in [1.29, 1.82) is 0 Å². The molecular weight excluding hydrogens is 217 g/mol. The van der Waals surface area contributed by atoms with Gasteiger partial charge < -0.3 is 10.2 Å². The molecule has 1 aromatic carbocycles. The number of rotatable bonds is 2. The summed E-state index contributed by atoms with van der Waals surface area (Å²) in [6, 6.07) is 7.31. The van der Waals surface area contributed by atoms with Crippen molar-refractivity contribution in [2.24, 2.45) is 4.99 Å². The lowest BCUT2D eigenvalue weighted by atomic mass is 10.1. The number of hydrogen-bond donors (Lipinski definition) is 1. The molecule has 1 fully saturated rings. The van der Waals surface area contributed by atoms with Gasteiger partial charge in [-0.1, -0.05) is 12.1 Å². The highest BCUT2D eigenvalue weighted by molar-refractivity contribution is 5.82. The molecule has 3 nitrogen and oxygen atoms in total. The first kappa shape index (κ1) is 10.6. The number of halogens is 1. The maximum absolute atomic E-state index is 13.1. The summed E-state index contributed by atoms with van der Waals surface area (Å²) in [6.45, 7) is 1.86. The van der Waals surface area contributed by atoms with Crippen molar-refractivity contribution in [3.8, 4) is 0 Å². The molecule has 2 atom stereocenters. The molecule has 4 heteroatoms. The van der Waals surface area contributed by atoms with Gasteiger partial charge in [-0.05, 0) is 24.1 Å². The van der Waals surface area contributed by atoms with Gasteiger partial charge in [-0.25, -0.2) is 4.39 Å². The van der Waals surface area contributed by atoms with E-state index in [1.54, 1.807) is 12.1 Å². The molecule has 17 heavy (non-hydrogen) atoms. The molecule has 1 aliphatic heterocycles. The summed E-state index contributed by atoms with van der Waals surface area (Å²) in [5, 5.41) is 3.42. The molecule has 1 saturated carbocycles. The smallest absolute Gasteiger partial charge is 0.194 e. The maximum Gasteiger partial charge on any atom is 0.194 e. The average molecular weight is 233 g/mol. The standard InChI is InChI=1S/C13H16FN3/c1-17-6-5-15-13(17)16-12-8-11(12)9-3-2-4-10(14)7-9/h2-4,7,11-12H,5-6,8H2,1H3,(H,15,16). The summed E-state index contributed by atoms with van der Waals surface area (Å²) in [5.41, 5.74) is 1.09. The molecule has 0 bridgehead atoms. The minimum Gasteiger partial charge on any atom is -0.353 e. The first-order valence-corrected chi connectivity index (χ1v) is 6.01. The normalized spacial score (nSPS) is 26.9. The zero-order chi connectivity index (χ0) is 11.8. The van der Waals surface area contributed by atoms with Crippen LogP contribution in [0.5, 0.6) is 0 Å². The fourth-order valence-corrected chi connectivity index (χ4v) is 2.31. The second kappa shape index (κ2) is 4.02. The Labute approximate surface area is 100 Å². The van der Waals surface area contributed by atoms with Crippen LogP contribution in [-0.2, 0) is 0 Å². The molecule has 0 radical (unpaired) electrons. The highest BCUT2D eigenvalue weighted by Crippen LogP contribution is 2.41. The molecule has 2 unspecified atom stereocenters. The summed E-state index contributed by atoms with van der Waals surface area (Å²) in [5.74, 6) is 1.26. The third kappa shape index (κ3) is 2.12. The Morgan fingerprint density at radius 3 is 3.06 bits per heavy atom. The van der Waals surface area contributed by atoms with Crippen molar-refractivity contribution < 1.29 is 4.39 Å². The molecule has 2 aliphatic rings. The molecule has 1 N–H and O–H groups in total. The van der Waals surface area contributed by atoms with Crippen molar-refractivity contribution in [2.75, 3.05) is 20.1 Å². The molecule has 0 saturated heterocycles. The number of aliphatic imine (C=N–C) groups is 1. The van der Waals surface area contributed by atoms with E-state index in [1.807, 2.05) is 13.1 Å². The molecule has 1 heterocycles. The van der Waals surface area contributed by atoms with Gasteiger partial charge in [-0.15, -0.1) is 0 Å². The first-order valence-electron chi connectivity index (χ1n) is 6.01. The zero-order valence-corrected chi connectivity index (χ0v) is 9.86. The van der Waals surface area contributed by atoms with Crippen LogP contribution in [0.1, 0.15) is 17.9 Å². The molecule has 3 rings (SSSR count). The largest absolute Gasteiger partial charge is 0.353 e. The van der Waals surface area contributed by atoms with Gasteiger partial charge >= 0.3 is 0 Å². The Kier molecular flexibility index (Phi) is 2.50. The van der Waals surface area contributed by atoms with E-state index < -0.39 is 0 Å². The van der Waals surface area contributed by atoms with Crippen LogP contribution in [-0.4, -0.2) is 37.0 Å². The SMILES string of the molecule is CN1CCN=C1NC1CC1c1cccc(F)c1. The molecule has 0 aromatic heterocycles. The lowest BCUT2D eigenvalue weighted by molar-refractivity contribution is 0.532. The molecule has 1 aromatic rings. The highest BCUT2D eigenvalue weighted by Gasteiger charge is 2.39. The van der Waals surface area contributed by atoms with Crippen molar-refractivity contribution in [3.05, 3.63) is 35.6 Å². The molecule has 0 spiro atoms. The van der Waals surface area contributed by atoms with Gasteiger partial charge in [0.1, 0.15) is 5.82 Å². The van der Waals surface area contributed by atoms with Gasteiger partial charge in [-0.3, -0.25) is 4.99 Å². The van der Waals surface area contributed by atoms with Crippen molar-refractivity contribution in [3.63, 3.8) is 0 Å². The van der Waals surface area contributed by atoms with Gasteiger partial charge in [0.05, 0.1) is 6.54 Å². The van der Waals surface area contributed by atoms with Crippen LogP contribution in [0.15, 0.2) is 29.3 Å². The number of hydrogen-bond acceptors (Lipinski definition) is 3. The van der Waals surface area contributed by atoms with Crippen LogP contribution in [0.4, 0.5) is 4.39 Å². The second-order valence-corrected chi connectivity index (χ2v) is 4.77. The summed E-state index contributed by atoms with van der Waals surface area (Å²) in [7, 11) is 2.04. The fourth-order valence-electron chi connectivity index (χ4n) is 2.31. The van der Waals surface area contributed by atoms with Crippen molar-refractivity contribution in [1.82, 2.24) is 10.2 Å².